The fourth-order valence-corrected chi connectivity index (χ4v) is 1.60. The zero-order valence-corrected chi connectivity index (χ0v) is 9.06. The summed E-state index contributed by atoms with van der Waals surface area (Å²) in [6.45, 7) is 0. The van der Waals surface area contributed by atoms with Gasteiger partial charge in [-0.25, -0.2) is 9.67 Å². The Balaban J connectivity index is 1.99. The van der Waals surface area contributed by atoms with Crippen molar-refractivity contribution in [2.24, 2.45) is 0 Å². The first kappa shape index (κ1) is 9.72. The van der Waals surface area contributed by atoms with Crippen LogP contribution >= 0.6 is 0 Å². The third-order valence-electron chi connectivity index (χ3n) is 2.43. The molecule has 0 fully saturated rings. The normalized spacial score (nSPS) is 10.4. The van der Waals surface area contributed by atoms with Gasteiger partial charge in [0.2, 0.25) is 0 Å². The van der Waals surface area contributed by atoms with Crippen molar-refractivity contribution in [3.8, 4) is 17.1 Å². The van der Waals surface area contributed by atoms with Crippen LogP contribution in [0.1, 0.15) is 0 Å². The average Bonchev–Trinajstić information content (AvgIpc) is 2.90. The Hall–Kier alpha value is -2.49. The topological polar surface area (TPSA) is 43.6 Å². The highest BCUT2D eigenvalue weighted by molar-refractivity contribution is 5.56. The van der Waals surface area contributed by atoms with Crippen molar-refractivity contribution in [2.75, 3.05) is 0 Å². The fourth-order valence-electron chi connectivity index (χ4n) is 1.60. The fraction of sp³-hybridized carbons (Fsp3) is 0. The summed E-state index contributed by atoms with van der Waals surface area (Å²) in [6, 6.07) is 11.5. The summed E-state index contributed by atoms with van der Waals surface area (Å²) >= 11 is 0. The quantitative estimate of drug-likeness (QED) is 0.668. The molecule has 0 aliphatic heterocycles. The molecule has 4 nitrogen and oxygen atoms in total. The van der Waals surface area contributed by atoms with Gasteiger partial charge in [-0.2, -0.15) is 5.10 Å². The third-order valence-corrected chi connectivity index (χ3v) is 2.43. The average molecular weight is 222 g/mol. The predicted molar refractivity (Wildman–Crippen MR) is 64.6 cm³/mol. The minimum atomic E-state index is 0.801. The van der Waals surface area contributed by atoms with Crippen LogP contribution < -0.4 is 0 Å². The van der Waals surface area contributed by atoms with Crippen LogP contribution in [-0.2, 0) is 0 Å². The van der Waals surface area contributed by atoms with Crippen molar-refractivity contribution >= 4 is 0 Å². The first-order valence-electron chi connectivity index (χ1n) is 5.31. The van der Waals surface area contributed by atoms with E-state index in [2.05, 4.69) is 15.1 Å². The molecule has 0 radical (unpaired) electrons. The van der Waals surface area contributed by atoms with Crippen molar-refractivity contribution in [1.82, 2.24) is 19.7 Å². The van der Waals surface area contributed by atoms with Crippen LogP contribution in [0.2, 0.25) is 0 Å². The first-order valence-corrected chi connectivity index (χ1v) is 5.31. The van der Waals surface area contributed by atoms with E-state index in [1.807, 2.05) is 42.6 Å². The number of rotatable bonds is 2. The monoisotopic (exact) mass is 222 g/mol. The number of pyridine rings is 2. The summed E-state index contributed by atoms with van der Waals surface area (Å²) < 4.78 is 1.74. The Morgan fingerprint density at radius 2 is 1.71 bits per heavy atom. The standard InChI is InChI=1S/C13H10N4/c1-3-7-14-12(5-1)11-9-16-17(10-11)13-6-2-4-8-15-13/h1-10H. The van der Waals surface area contributed by atoms with E-state index in [-0.39, 0.29) is 0 Å². The molecule has 0 saturated carbocycles. The van der Waals surface area contributed by atoms with Gasteiger partial charge in [-0.3, -0.25) is 4.98 Å². The van der Waals surface area contributed by atoms with Crippen LogP contribution in [0, 0.1) is 0 Å². The highest BCUT2D eigenvalue weighted by Gasteiger charge is 2.03. The maximum absolute atomic E-state index is 4.28. The molecule has 0 bridgehead atoms. The molecule has 0 aliphatic carbocycles. The Morgan fingerprint density at radius 3 is 2.41 bits per heavy atom. The van der Waals surface area contributed by atoms with Crippen LogP contribution in [-0.4, -0.2) is 19.7 Å². The molecule has 0 unspecified atom stereocenters. The molecule has 3 rings (SSSR count). The van der Waals surface area contributed by atoms with Crippen LogP contribution in [0.4, 0.5) is 0 Å². The summed E-state index contributed by atoms with van der Waals surface area (Å²) in [5.41, 5.74) is 1.89. The number of hydrogen-bond acceptors (Lipinski definition) is 3. The lowest BCUT2D eigenvalue weighted by molar-refractivity contribution is 0.847. The van der Waals surface area contributed by atoms with Gasteiger partial charge in [0.05, 0.1) is 11.9 Å². The molecular formula is C13H10N4. The zero-order valence-electron chi connectivity index (χ0n) is 9.06. The molecule has 0 spiro atoms. The predicted octanol–water partition coefficient (Wildman–Crippen LogP) is 2.33. The summed E-state index contributed by atoms with van der Waals surface area (Å²) in [6.07, 6.45) is 7.23. The second-order valence-corrected chi connectivity index (χ2v) is 3.58. The molecule has 0 atom stereocenters. The van der Waals surface area contributed by atoms with Gasteiger partial charge in [0.15, 0.2) is 5.82 Å². The molecule has 3 aromatic heterocycles. The summed E-state index contributed by atoms with van der Waals surface area (Å²) in [5, 5.41) is 4.28. The second kappa shape index (κ2) is 4.17. The Morgan fingerprint density at radius 1 is 0.882 bits per heavy atom. The highest BCUT2D eigenvalue weighted by atomic mass is 15.3. The maximum Gasteiger partial charge on any atom is 0.153 e. The van der Waals surface area contributed by atoms with E-state index >= 15 is 0 Å². The van der Waals surface area contributed by atoms with E-state index in [1.165, 1.54) is 0 Å². The van der Waals surface area contributed by atoms with Crippen LogP contribution in [0.5, 0.6) is 0 Å². The van der Waals surface area contributed by atoms with Gasteiger partial charge in [-0.15, -0.1) is 0 Å². The van der Waals surface area contributed by atoms with Gasteiger partial charge in [0.25, 0.3) is 0 Å². The lowest BCUT2D eigenvalue weighted by atomic mass is 10.2. The summed E-state index contributed by atoms with van der Waals surface area (Å²) in [4.78, 5) is 8.52. The molecule has 3 aromatic rings. The first-order chi connectivity index (χ1) is 8.43. The number of hydrogen-bond donors (Lipinski definition) is 0. The summed E-state index contributed by atoms with van der Waals surface area (Å²) in [7, 11) is 0. The van der Waals surface area contributed by atoms with Crippen LogP contribution in [0.3, 0.4) is 0 Å². The van der Waals surface area contributed by atoms with Gasteiger partial charge in [0, 0.05) is 24.2 Å². The van der Waals surface area contributed by atoms with Gasteiger partial charge >= 0.3 is 0 Å². The van der Waals surface area contributed by atoms with E-state index in [1.54, 1.807) is 23.3 Å². The molecule has 0 N–H and O–H groups in total. The molecule has 0 aromatic carbocycles. The van der Waals surface area contributed by atoms with E-state index < -0.39 is 0 Å². The smallest absolute Gasteiger partial charge is 0.153 e. The lowest BCUT2D eigenvalue weighted by Crippen LogP contribution is -1.95. The van der Waals surface area contributed by atoms with Crippen molar-refractivity contribution in [1.29, 1.82) is 0 Å². The van der Waals surface area contributed by atoms with Crippen LogP contribution in [0.15, 0.2) is 61.2 Å². The zero-order chi connectivity index (χ0) is 11.5. The molecule has 4 heteroatoms. The summed E-state index contributed by atoms with van der Waals surface area (Å²) in [5.74, 6) is 0.801. The minimum Gasteiger partial charge on any atom is -0.256 e. The van der Waals surface area contributed by atoms with E-state index in [0.717, 1.165) is 17.1 Å². The molecule has 17 heavy (non-hydrogen) atoms. The van der Waals surface area contributed by atoms with Crippen LogP contribution in [0.25, 0.3) is 17.1 Å². The Kier molecular flexibility index (Phi) is 2.38. The third kappa shape index (κ3) is 1.92. The molecule has 0 amide bonds. The van der Waals surface area contributed by atoms with Crippen molar-refractivity contribution in [3.63, 3.8) is 0 Å². The minimum absolute atomic E-state index is 0.801. The van der Waals surface area contributed by atoms with Crippen molar-refractivity contribution in [3.05, 3.63) is 61.2 Å². The van der Waals surface area contributed by atoms with Gasteiger partial charge in [0.1, 0.15) is 0 Å². The van der Waals surface area contributed by atoms with Crippen molar-refractivity contribution < 1.29 is 0 Å². The molecule has 3 heterocycles. The van der Waals surface area contributed by atoms with Gasteiger partial charge in [-0.1, -0.05) is 12.1 Å². The second-order valence-electron chi connectivity index (χ2n) is 3.58. The molecule has 0 saturated heterocycles. The van der Waals surface area contributed by atoms with Gasteiger partial charge < -0.3 is 0 Å². The van der Waals surface area contributed by atoms with Gasteiger partial charge in [-0.05, 0) is 24.3 Å². The molecule has 82 valence electrons. The van der Waals surface area contributed by atoms with Crippen molar-refractivity contribution in [2.45, 2.75) is 0 Å². The number of aromatic nitrogens is 4. The highest BCUT2D eigenvalue weighted by Crippen LogP contribution is 2.16. The van der Waals surface area contributed by atoms with E-state index in [9.17, 15) is 0 Å². The Bertz CT molecular complexity index is 548. The van der Waals surface area contributed by atoms with E-state index in [4.69, 9.17) is 0 Å². The largest absolute Gasteiger partial charge is 0.256 e. The Labute approximate surface area is 98.6 Å². The maximum atomic E-state index is 4.28. The van der Waals surface area contributed by atoms with E-state index in [0.29, 0.717) is 0 Å². The molecule has 0 aliphatic rings. The molecular weight excluding hydrogens is 212 g/mol. The lowest BCUT2D eigenvalue weighted by Gasteiger charge is -1.97. The number of nitrogens with zero attached hydrogens (tertiary/aromatic N) is 4. The SMILES string of the molecule is c1ccc(-c2cnn(-c3ccccn3)c2)nc1.